The number of carbonyl (C=O) groups excluding carboxylic acids is 1. The Labute approximate surface area is 114 Å². The first-order valence-electron chi connectivity index (χ1n) is 6.98. The molecule has 1 amide bonds. The molecule has 1 N–H and O–H groups in total. The monoisotopic (exact) mass is 259 g/mol. The lowest BCUT2D eigenvalue weighted by Gasteiger charge is -2.27. The zero-order valence-electron chi connectivity index (χ0n) is 11.5. The Morgan fingerprint density at radius 3 is 2.63 bits per heavy atom. The first-order chi connectivity index (χ1) is 9.16. The fourth-order valence-electron chi connectivity index (χ4n) is 3.25. The summed E-state index contributed by atoms with van der Waals surface area (Å²) in [7, 11) is 2.12. The van der Waals surface area contributed by atoms with Gasteiger partial charge in [-0.25, -0.2) is 0 Å². The molecule has 2 aliphatic rings. The number of benzene rings is 1. The number of hydrogen-bond acceptors (Lipinski definition) is 3. The highest BCUT2D eigenvalue weighted by Gasteiger charge is 2.42. The van der Waals surface area contributed by atoms with Gasteiger partial charge in [-0.3, -0.25) is 10.1 Å². The molecule has 3 rings (SSSR count). The van der Waals surface area contributed by atoms with Crippen molar-refractivity contribution in [3.05, 3.63) is 35.9 Å². The molecule has 2 aliphatic heterocycles. The summed E-state index contributed by atoms with van der Waals surface area (Å²) in [6.45, 7) is 4.15. The Kier molecular flexibility index (Phi) is 3.29. The molecule has 2 saturated heterocycles. The minimum absolute atomic E-state index is 0.120. The van der Waals surface area contributed by atoms with E-state index < -0.39 is 0 Å². The van der Waals surface area contributed by atoms with Crippen LogP contribution in [0.25, 0.3) is 0 Å². The summed E-state index contributed by atoms with van der Waals surface area (Å²) >= 11 is 0. The van der Waals surface area contributed by atoms with E-state index in [0.717, 1.165) is 25.1 Å². The molecule has 0 spiro atoms. The second-order valence-electron chi connectivity index (χ2n) is 5.64. The SMILES string of the molecule is CC1NC(c2ccccc2)C(=O)N1C1CCN(C)C1. The number of carbonyl (C=O) groups is 1. The Morgan fingerprint density at radius 2 is 2.00 bits per heavy atom. The van der Waals surface area contributed by atoms with Crippen molar-refractivity contribution in [3.63, 3.8) is 0 Å². The van der Waals surface area contributed by atoms with Gasteiger partial charge < -0.3 is 9.80 Å². The van der Waals surface area contributed by atoms with Gasteiger partial charge in [0.2, 0.25) is 5.91 Å². The highest BCUT2D eigenvalue weighted by atomic mass is 16.2. The predicted octanol–water partition coefficient (Wildman–Crippen LogP) is 1.21. The molecule has 102 valence electrons. The number of rotatable bonds is 2. The number of nitrogens with one attached hydrogen (secondary N) is 1. The van der Waals surface area contributed by atoms with Crippen LogP contribution < -0.4 is 5.32 Å². The van der Waals surface area contributed by atoms with Gasteiger partial charge in [0.15, 0.2) is 0 Å². The highest BCUT2D eigenvalue weighted by molar-refractivity contribution is 5.86. The van der Waals surface area contributed by atoms with Crippen LogP contribution in [-0.4, -0.2) is 48.1 Å². The molecule has 3 atom stereocenters. The lowest BCUT2D eigenvalue weighted by atomic mass is 10.1. The molecule has 0 bridgehead atoms. The molecule has 2 fully saturated rings. The Hall–Kier alpha value is -1.39. The average molecular weight is 259 g/mol. The van der Waals surface area contributed by atoms with Crippen LogP contribution in [0.5, 0.6) is 0 Å². The van der Waals surface area contributed by atoms with Crippen molar-refractivity contribution in [2.45, 2.75) is 31.6 Å². The number of hydrogen-bond donors (Lipinski definition) is 1. The van der Waals surface area contributed by atoms with Crippen LogP contribution >= 0.6 is 0 Å². The van der Waals surface area contributed by atoms with Crippen molar-refractivity contribution in [1.82, 2.24) is 15.1 Å². The van der Waals surface area contributed by atoms with Crippen molar-refractivity contribution in [2.24, 2.45) is 0 Å². The topological polar surface area (TPSA) is 35.6 Å². The molecular weight excluding hydrogens is 238 g/mol. The van der Waals surface area contributed by atoms with Gasteiger partial charge in [-0.05, 0) is 32.5 Å². The third-order valence-corrected chi connectivity index (χ3v) is 4.22. The van der Waals surface area contributed by atoms with Crippen molar-refractivity contribution in [1.29, 1.82) is 0 Å². The Morgan fingerprint density at radius 1 is 1.26 bits per heavy atom. The van der Waals surface area contributed by atoms with E-state index in [0.29, 0.717) is 6.04 Å². The molecule has 2 heterocycles. The van der Waals surface area contributed by atoms with Gasteiger partial charge in [-0.1, -0.05) is 30.3 Å². The van der Waals surface area contributed by atoms with Crippen LogP contribution in [0.4, 0.5) is 0 Å². The van der Waals surface area contributed by atoms with Crippen molar-refractivity contribution < 1.29 is 4.79 Å². The van der Waals surface area contributed by atoms with Crippen LogP contribution in [0.15, 0.2) is 30.3 Å². The molecule has 0 aromatic heterocycles. The standard InChI is InChI=1S/C15H21N3O/c1-11-16-14(12-6-4-3-5-7-12)15(19)18(11)13-8-9-17(2)10-13/h3-7,11,13-14,16H,8-10H2,1-2H3. The zero-order chi connectivity index (χ0) is 13.4. The van der Waals surface area contributed by atoms with Crippen LogP contribution in [-0.2, 0) is 4.79 Å². The normalized spacial score (nSPS) is 32.2. The summed E-state index contributed by atoms with van der Waals surface area (Å²) in [5.41, 5.74) is 1.06. The Balaban J connectivity index is 1.80. The van der Waals surface area contributed by atoms with Crippen molar-refractivity contribution in [3.8, 4) is 0 Å². The van der Waals surface area contributed by atoms with E-state index in [1.165, 1.54) is 0 Å². The number of amides is 1. The first kappa shape index (κ1) is 12.6. The maximum atomic E-state index is 12.7. The van der Waals surface area contributed by atoms with Crippen molar-refractivity contribution >= 4 is 5.91 Å². The van der Waals surface area contributed by atoms with E-state index in [2.05, 4.69) is 24.2 Å². The molecular formula is C15H21N3O. The Bertz CT molecular complexity index is 462. The van der Waals surface area contributed by atoms with Gasteiger partial charge >= 0.3 is 0 Å². The quantitative estimate of drug-likeness (QED) is 0.867. The van der Waals surface area contributed by atoms with E-state index in [4.69, 9.17) is 0 Å². The van der Waals surface area contributed by atoms with E-state index in [1.54, 1.807) is 0 Å². The zero-order valence-corrected chi connectivity index (χ0v) is 11.5. The summed E-state index contributed by atoms with van der Waals surface area (Å²) < 4.78 is 0. The van der Waals surface area contributed by atoms with Gasteiger partial charge in [-0.2, -0.15) is 0 Å². The lowest BCUT2D eigenvalue weighted by molar-refractivity contribution is -0.131. The second-order valence-corrected chi connectivity index (χ2v) is 5.64. The lowest BCUT2D eigenvalue weighted by Crippen LogP contribution is -2.44. The van der Waals surface area contributed by atoms with E-state index in [1.807, 2.05) is 35.2 Å². The molecule has 19 heavy (non-hydrogen) atoms. The number of likely N-dealkylation sites (N-methyl/N-ethyl adjacent to an activating group) is 1. The summed E-state index contributed by atoms with van der Waals surface area (Å²) in [4.78, 5) is 17.0. The average Bonchev–Trinajstić information content (AvgIpc) is 2.95. The van der Waals surface area contributed by atoms with Gasteiger partial charge in [0.1, 0.15) is 6.04 Å². The van der Waals surface area contributed by atoms with E-state index >= 15 is 0 Å². The van der Waals surface area contributed by atoms with Gasteiger partial charge in [-0.15, -0.1) is 0 Å². The molecule has 0 radical (unpaired) electrons. The van der Waals surface area contributed by atoms with Crippen molar-refractivity contribution in [2.75, 3.05) is 20.1 Å². The molecule has 1 aromatic carbocycles. The molecule has 0 saturated carbocycles. The van der Waals surface area contributed by atoms with Crippen LogP contribution in [0, 0.1) is 0 Å². The fraction of sp³-hybridized carbons (Fsp3) is 0.533. The summed E-state index contributed by atoms with van der Waals surface area (Å²) in [6, 6.07) is 10.2. The molecule has 4 nitrogen and oxygen atoms in total. The number of nitrogens with zero attached hydrogens (tertiary/aromatic N) is 2. The highest BCUT2D eigenvalue weighted by Crippen LogP contribution is 2.28. The molecule has 1 aromatic rings. The van der Waals surface area contributed by atoms with Crippen LogP contribution in [0.2, 0.25) is 0 Å². The molecule has 4 heteroatoms. The molecule has 0 aliphatic carbocycles. The van der Waals surface area contributed by atoms with Gasteiger partial charge in [0.05, 0.1) is 6.17 Å². The smallest absolute Gasteiger partial charge is 0.245 e. The first-order valence-corrected chi connectivity index (χ1v) is 6.98. The summed E-state index contributed by atoms with van der Waals surface area (Å²) in [5.74, 6) is 0.221. The molecule has 3 unspecified atom stereocenters. The van der Waals surface area contributed by atoms with Crippen LogP contribution in [0.1, 0.15) is 24.9 Å². The summed E-state index contributed by atoms with van der Waals surface area (Å²) in [6.07, 6.45) is 1.20. The predicted molar refractivity (Wildman–Crippen MR) is 74.5 cm³/mol. The third-order valence-electron chi connectivity index (χ3n) is 4.22. The maximum Gasteiger partial charge on any atom is 0.245 e. The van der Waals surface area contributed by atoms with E-state index in [-0.39, 0.29) is 18.1 Å². The maximum absolute atomic E-state index is 12.7. The minimum Gasteiger partial charge on any atom is -0.321 e. The van der Waals surface area contributed by atoms with Gasteiger partial charge in [0, 0.05) is 12.6 Å². The van der Waals surface area contributed by atoms with E-state index in [9.17, 15) is 4.79 Å². The van der Waals surface area contributed by atoms with Gasteiger partial charge in [0.25, 0.3) is 0 Å². The van der Waals surface area contributed by atoms with Crippen LogP contribution in [0.3, 0.4) is 0 Å². The third kappa shape index (κ3) is 2.26. The fourth-order valence-corrected chi connectivity index (χ4v) is 3.25. The minimum atomic E-state index is -0.179. The second kappa shape index (κ2) is 4.94. The number of likely N-dealkylation sites (tertiary alicyclic amines) is 1. The largest absolute Gasteiger partial charge is 0.321 e. The summed E-state index contributed by atoms with van der Waals surface area (Å²) in [5, 5.41) is 3.42.